The molecule has 4 heteroatoms. The van der Waals surface area contributed by atoms with Crippen molar-refractivity contribution < 1.29 is 14.3 Å². The van der Waals surface area contributed by atoms with Gasteiger partial charge in [-0.15, -0.1) is 0 Å². The minimum atomic E-state index is -1.84. The van der Waals surface area contributed by atoms with Crippen LogP contribution in [0.3, 0.4) is 0 Å². The van der Waals surface area contributed by atoms with Crippen LogP contribution in [0.15, 0.2) is 18.2 Å². The van der Waals surface area contributed by atoms with Crippen LogP contribution < -0.4 is 0 Å². The van der Waals surface area contributed by atoms with Gasteiger partial charge in [-0.25, -0.2) is 9.18 Å². The molecule has 2 rings (SSSR count). The molecule has 0 radical (unpaired) electrons. The predicted octanol–water partition coefficient (Wildman–Crippen LogP) is 3.18. The second-order valence-corrected chi connectivity index (χ2v) is 4.45. The lowest BCUT2D eigenvalue weighted by molar-refractivity contribution is -0.143. The van der Waals surface area contributed by atoms with Gasteiger partial charge in [0.25, 0.3) is 0 Å². The van der Waals surface area contributed by atoms with Gasteiger partial charge in [0.05, 0.1) is 0 Å². The zero-order valence-electron chi connectivity index (χ0n) is 8.62. The molecule has 1 aliphatic carbocycles. The van der Waals surface area contributed by atoms with Crippen molar-refractivity contribution in [3.63, 3.8) is 0 Å². The Hall–Kier alpha value is -1.09. The van der Waals surface area contributed by atoms with Gasteiger partial charge in [-0.1, -0.05) is 23.7 Å². The van der Waals surface area contributed by atoms with E-state index in [9.17, 15) is 9.18 Å². The molecule has 86 valence electrons. The van der Waals surface area contributed by atoms with Crippen molar-refractivity contribution in [3.8, 4) is 0 Å². The Morgan fingerprint density at radius 1 is 1.56 bits per heavy atom. The molecule has 2 atom stereocenters. The largest absolute Gasteiger partial charge is 0.479 e. The highest BCUT2D eigenvalue weighted by molar-refractivity contribution is 6.31. The summed E-state index contributed by atoms with van der Waals surface area (Å²) in [7, 11) is 0. The Labute approximate surface area is 98.0 Å². The van der Waals surface area contributed by atoms with Crippen LogP contribution in [-0.4, -0.2) is 17.2 Å². The number of benzene rings is 1. The van der Waals surface area contributed by atoms with Crippen LogP contribution >= 0.6 is 11.6 Å². The van der Waals surface area contributed by atoms with Crippen molar-refractivity contribution in [1.29, 1.82) is 0 Å². The molecule has 1 aromatic carbocycles. The zero-order valence-corrected chi connectivity index (χ0v) is 9.38. The van der Waals surface area contributed by atoms with Crippen molar-refractivity contribution in [2.24, 2.45) is 0 Å². The molecule has 0 fully saturated rings. The molecule has 0 aromatic heterocycles. The molecule has 2 unspecified atom stereocenters. The van der Waals surface area contributed by atoms with Crippen LogP contribution in [0.4, 0.5) is 4.39 Å². The van der Waals surface area contributed by atoms with Gasteiger partial charge in [0.2, 0.25) is 6.17 Å². The quantitative estimate of drug-likeness (QED) is 0.865. The van der Waals surface area contributed by atoms with E-state index in [2.05, 4.69) is 0 Å². The third-order valence-electron chi connectivity index (χ3n) is 3.09. The average molecular weight is 243 g/mol. The van der Waals surface area contributed by atoms with Crippen molar-refractivity contribution >= 4 is 17.6 Å². The minimum absolute atomic E-state index is 0.556. The minimum Gasteiger partial charge on any atom is -0.479 e. The summed E-state index contributed by atoms with van der Waals surface area (Å²) in [6.45, 7) is 0. The van der Waals surface area contributed by atoms with Crippen LogP contribution in [-0.2, 0) is 11.2 Å². The maximum Gasteiger partial charge on any atom is 0.338 e. The van der Waals surface area contributed by atoms with E-state index in [1.165, 1.54) is 0 Å². The number of aliphatic carboxylic acids is 1. The maximum absolute atomic E-state index is 13.6. The molecular weight excluding hydrogens is 231 g/mol. The fraction of sp³-hybridized carbons (Fsp3) is 0.417. The third-order valence-corrected chi connectivity index (χ3v) is 3.44. The lowest BCUT2D eigenvalue weighted by Crippen LogP contribution is -2.26. The maximum atomic E-state index is 13.6. The molecule has 0 bridgehead atoms. The topological polar surface area (TPSA) is 37.3 Å². The van der Waals surface area contributed by atoms with E-state index in [1.54, 1.807) is 18.2 Å². The summed E-state index contributed by atoms with van der Waals surface area (Å²) in [6.07, 6.45) is 0.325. The van der Waals surface area contributed by atoms with Crippen molar-refractivity contribution in [1.82, 2.24) is 0 Å². The third kappa shape index (κ3) is 1.92. The van der Waals surface area contributed by atoms with E-state index < -0.39 is 18.1 Å². The Morgan fingerprint density at radius 2 is 2.31 bits per heavy atom. The molecule has 1 aromatic rings. The van der Waals surface area contributed by atoms with Gasteiger partial charge in [-0.3, -0.25) is 0 Å². The number of hydrogen-bond donors (Lipinski definition) is 1. The normalized spacial score (nSPS) is 21.2. The van der Waals surface area contributed by atoms with Crippen molar-refractivity contribution in [2.45, 2.75) is 31.4 Å². The van der Waals surface area contributed by atoms with Gasteiger partial charge in [-0.2, -0.15) is 0 Å². The van der Waals surface area contributed by atoms with E-state index in [1.807, 2.05) is 0 Å². The molecule has 0 spiro atoms. The summed E-state index contributed by atoms with van der Waals surface area (Å²) >= 11 is 6.02. The van der Waals surface area contributed by atoms with Crippen LogP contribution in [0.25, 0.3) is 0 Å². The number of hydrogen-bond acceptors (Lipinski definition) is 1. The number of fused-ring (bicyclic) bond motifs is 1. The first-order valence-corrected chi connectivity index (χ1v) is 5.63. The first-order chi connectivity index (χ1) is 7.61. The second kappa shape index (κ2) is 4.42. The van der Waals surface area contributed by atoms with Gasteiger partial charge in [0.1, 0.15) is 0 Å². The fourth-order valence-electron chi connectivity index (χ4n) is 2.32. The molecule has 16 heavy (non-hydrogen) atoms. The highest BCUT2D eigenvalue weighted by atomic mass is 35.5. The summed E-state index contributed by atoms with van der Waals surface area (Å²) in [4.78, 5) is 10.7. The first kappa shape index (κ1) is 11.4. The van der Waals surface area contributed by atoms with Crippen molar-refractivity contribution in [2.75, 3.05) is 0 Å². The van der Waals surface area contributed by atoms with E-state index in [0.717, 1.165) is 24.0 Å². The Morgan fingerprint density at radius 3 is 3.00 bits per heavy atom. The van der Waals surface area contributed by atoms with E-state index in [-0.39, 0.29) is 0 Å². The summed E-state index contributed by atoms with van der Waals surface area (Å²) < 4.78 is 13.6. The van der Waals surface area contributed by atoms with E-state index >= 15 is 0 Å². The van der Waals surface area contributed by atoms with Gasteiger partial charge < -0.3 is 5.11 Å². The number of rotatable bonds is 2. The number of halogens is 2. The number of carboxylic acids is 1. The molecule has 0 saturated heterocycles. The number of carbonyl (C=O) groups is 1. The first-order valence-electron chi connectivity index (χ1n) is 5.25. The molecule has 0 saturated carbocycles. The van der Waals surface area contributed by atoms with Gasteiger partial charge in [0, 0.05) is 10.9 Å². The molecule has 0 heterocycles. The Kier molecular flexibility index (Phi) is 3.15. The molecular formula is C12H12ClFO2. The number of alkyl halides is 1. The number of carboxylic acid groups (broad SMARTS) is 1. The molecule has 1 aliphatic rings. The van der Waals surface area contributed by atoms with Gasteiger partial charge in [-0.05, 0) is 36.5 Å². The highest BCUT2D eigenvalue weighted by Crippen LogP contribution is 2.38. The van der Waals surface area contributed by atoms with Crippen LogP contribution in [0.5, 0.6) is 0 Å². The summed E-state index contributed by atoms with van der Waals surface area (Å²) in [6, 6.07) is 5.28. The Bertz CT molecular complexity index is 419. The lowest BCUT2D eigenvalue weighted by atomic mass is 9.80. The zero-order chi connectivity index (χ0) is 11.7. The standard InChI is InChI=1S/C12H12ClFO2/c13-10-6-2-3-7-8(10)4-1-5-9(7)11(14)12(15)16/h2-3,6,9,11H,1,4-5H2,(H,15,16). The summed E-state index contributed by atoms with van der Waals surface area (Å²) in [5.41, 5.74) is 1.66. The second-order valence-electron chi connectivity index (χ2n) is 4.05. The van der Waals surface area contributed by atoms with Crippen LogP contribution in [0.2, 0.25) is 5.02 Å². The fourth-order valence-corrected chi connectivity index (χ4v) is 2.59. The molecule has 2 nitrogen and oxygen atoms in total. The predicted molar refractivity (Wildman–Crippen MR) is 59.7 cm³/mol. The SMILES string of the molecule is O=C(O)C(F)C1CCCc2c(Cl)cccc21. The van der Waals surface area contributed by atoms with Gasteiger partial charge >= 0.3 is 5.97 Å². The molecule has 1 N–H and O–H groups in total. The van der Waals surface area contributed by atoms with Crippen LogP contribution in [0, 0.1) is 0 Å². The van der Waals surface area contributed by atoms with Crippen LogP contribution in [0.1, 0.15) is 29.9 Å². The summed E-state index contributed by atoms with van der Waals surface area (Å²) in [5.74, 6) is -1.95. The lowest BCUT2D eigenvalue weighted by Gasteiger charge is -2.26. The van der Waals surface area contributed by atoms with E-state index in [0.29, 0.717) is 11.4 Å². The van der Waals surface area contributed by atoms with Crippen molar-refractivity contribution in [3.05, 3.63) is 34.3 Å². The van der Waals surface area contributed by atoms with E-state index in [4.69, 9.17) is 16.7 Å². The Balaban J connectivity index is 2.40. The van der Waals surface area contributed by atoms with Gasteiger partial charge in [0.15, 0.2) is 0 Å². The summed E-state index contributed by atoms with van der Waals surface area (Å²) in [5, 5.41) is 9.33. The highest BCUT2D eigenvalue weighted by Gasteiger charge is 2.33. The smallest absolute Gasteiger partial charge is 0.338 e. The monoisotopic (exact) mass is 242 g/mol. The molecule has 0 amide bonds. The molecule has 0 aliphatic heterocycles. The average Bonchev–Trinajstić information content (AvgIpc) is 2.28.